The van der Waals surface area contributed by atoms with Gasteiger partial charge in [-0.3, -0.25) is 19.2 Å². The standard InChI is InChI=1S/C22H22N2O4/c1-14(25)19-20(17-8-10-18(11-9-17)23-15(2)26)24(22(28)21(19)27)13-12-16-6-4-3-5-7-16/h3-11,19-20H,12-13H2,1-2H3,(H,23,26). The molecule has 0 bridgehead atoms. The largest absolute Gasteiger partial charge is 0.328 e. The van der Waals surface area contributed by atoms with E-state index in [-0.39, 0.29) is 11.7 Å². The molecule has 2 aromatic rings. The molecule has 1 N–H and O–H groups in total. The molecule has 2 atom stereocenters. The lowest BCUT2D eigenvalue weighted by molar-refractivity contribution is -0.142. The van der Waals surface area contributed by atoms with E-state index in [4.69, 9.17) is 0 Å². The first-order valence-corrected chi connectivity index (χ1v) is 9.15. The van der Waals surface area contributed by atoms with E-state index in [9.17, 15) is 19.2 Å². The molecule has 1 saturated heterocycles. The number of ketones is 2. The molecule has 0 saturated carbocycles. The van der Waals surface area contributed by atoms with E-state index in [1.165, 1.54) is 18.7 Å². The molecule has 0 radical (unpaired) electrons. The number of carbonyl (C=O) groups excluding carboxylic acids is 4. The Hall–Kier alpha value is -3.28. The van der Waals surface area contributed by atoms with Crippen molar-refractivity contribution in [1.29, 1.82) is 0 Å². The number of hydrogen-bond donors (Lipinski definition) is 1. The number of hydrogen-bond acceptors (Lipinski definition) is 4. The Kier molecular flexibility index (Phi) is 5.68. The minimum atomic E-state index is -1.00. The molecular formula is C22H22N2O4. The molecule has 0 aromatic heterocycles. The van der Waals surface area contributed by atoms with Gasteiger partial charge >= 0.3 is 0 Å². The smallest absolute Gasteiger partial charge is 0.291 e. The highest BCUT2D eigenvalue weighted by Crippen LogP contribution is 2.37. The van der Waals surface area contributed by atoms with Crippen LogP contribution < -0.4 is 5.32 Å². The molecular weight excluding hydrogens is 356 g/mol. The van der Waals surface area contributed by atoms with E-state index < -0.39 is 23.7 Å². The maximum absolute atomic E-state index is 12.6. The highest BCUT2D eigenvalue weighted by Gasteiger charge is 2.49. The normalized spacial score (nSPS) is 19.0. The van der Waals surface area contributed by atoms with Crippen molar-refractivity contribution in [3.05, 3.63) is 65.7 Å². The van der Waals surface area contributed by atoms with Crippen LogP contribution in [0.1, 0.15) is 31.0 Å². The molecule has 0 aliphatic carbocycles. The van der Waals surface area contributed by atoms with E-state index >= 15 is 0 Å². The molecule has 1 fully saturated rings. The predicted molar refractivity (Wildman–Crippen MR) is 105 cm³/mol. The summed E-state index contributed by atoms with van der Waals surface area (Å²) < 4.78 is 0. The Balaban J connectivity index is 1.89. The van der Waals surface area contributed by atoms with Crippen molar-refractivity contribution in [2.75, 3.05) is 11.9 Å². The van der Waals surface area contributed by atoms with Gasteiger partial charge in [0.15, 0.2) is 0 Å². The van der Waals surface area contributed by atoms with Gasteiger partial charge in [0, 0.05) is 19.2 Å². The van der Waals surface area contributed by atoms with Gasteiger partial charge in [-0.15, -0.1) is 0 Å². The van der Waals surface area contributed by atoms with Crippen molar-refractivity contribution >= 4 is 29.1 Å². The van der Waals surface area contributed by atoms with Crippen LogP contribution in [0.5, 0.6) is 0 Å². The Morgan fingerprint density at radius 2 is 1.61 bits per heavy atom. The van der Waals surface area contributed by atoms with Crippen LogP contribution in [0.4, 0.5) is 5.69 Å². The molecule has 0 spiro atoms. The number of anilines is 1. The molecule has 1 heterocycles. The second-order valence-corrected chi connectivity index (χ2v) is 6.93. The second kappa shape index (κ2) is 8.17. The third-order valence-corrected chi connectivity index (χ3v) is 4.90. The van der Waals surface area contributed by atoms with E-state index in [1.54, 1.807) is 24.3 Å². The fourth-order valence-corrected chi connectivity index (χ4v) is 3.61. The first-order valence-electron chi connectivity index (χ1n) is 9.15. The fraction of sp³-hybridized carbons (Fsp3) is 0.273. The summed E-state index contributed by atoms with van der Waals surface area (Å²) in [6.07, 6.45) is 0.588. The number of benzene rings is 2. The maximum Gasteiger partial charge on any atom is 0.291 e. The molecule has 144 valence electrons. The third kappa shape index (κ3) is 4.01. The van der Waals surface area contributed by atoms with Crippen LogP contribution in [0.3, 0.4) is 0 Å². The summed E-state index contributed by atoms with van der Waals surface area (Å²) >= 11 is 0. The highest BCUT2D eigenvalue weighted by atomic mass is 16.2. The van der Waals surface area contributed by atoms with Gasteiger partial charge in [0.1, 0.15) is 11.7 Å². The number of nitrogens with zero attached hydrogens (tertiary/aromatic N) is 1. The summed E-state index contributed by atoms with van der Waals surface area (Å²) in [5.74, 6) is -2.79. The lowest BCUT2D eigenvalue weighted by Crippen LogP contribution is -2.32. The molecule has 6 heteroatoms. The second-order valence-electron chi connectivity index (χ2n) is 6.93. The Morgan fingerprint density at radius 1 is 0.964 bits per heavy atom. The molecule has 3 rings (SSSR count). The van der Waals surface area contributed by atoms with E-state index in [0.717, 1.165) is 5.56 Å². The van der Waals surface area contributed by atoms with Crippen molar-refractivity contribution in [2.24, 2.45) is 5.92 Å². The number of rotatable bonds is 6. The first-order chi connectivity index (χ1) is 13.4. The molecule has 2 unspecified atom stereocenters. The van der Waals surface area contributed by atoms with E-state index in [0.29, 0.717) is 24.2 Å². The number of carbonyl (C=O) groups is 4. The van der Waals surface area contributed by atoms with Gasteiger partial charge in [-0.05, 0) is 36.6 Å². The van der Waals surface area contributed by atoms with Crippen LogP contribution in [-0.2, 0) is 25.6 Å². The van der Waals surface area contributed by atoms with Crippen LogP contribution in [0.15, 0.2) is 54.6 Å². The van der Waals surface area contributed by atoms with Gasteiger partial charge in [-0.1, -0.05) is 42.5 Å². The van der Waals surface area contributed by atoms with Crippen LogP contribution in [0, 0.1) is 5.92 Å². The predicted octanol–water partition coefficient (Wildman–Crippen LogP) is 2.55. The lowest BCUT2D eigenvalue weighted by Gasteiger charge is -2.27. The molecule has 1 aliphatic heterocycles. The summed E-state index contributed by atoms with van der Waals surface area (Å²) in [6, 6.07) is 15.9. The van der Waals surface area contributed by atoms with Gasteiger partial charge in [-0.25, -0.2) is 0 Å². The van der Waals surface area contributed by atoms with Crippen molar-refractivity contribution in [3.8, 4) is 0 Å². The molecule has 1 aliphatic rings. The van der Waals surface area contributed by atoms with Crippen LogP contribution in [0.2, 0.25) is 0 Å². The number of amides is 2. The van der Waals surface area contributed by atoms with E-state index in [2.05, 4.69) is 5.32 Å². The van der Waals surface area contributed by atoms with Crippen molar-refractivity contribution in [2.45, 2.75) is 26.3 Å². The summed E-state index contributed by atoms with van der Waals surface area (Å²) in [4.78, 5) is 50.0. The molecule has 6 nitrogen and oxygen atoms in total. The van der Waals surface area contributed by atoms with Crippen molar-refractivity contribution in [3.63, 3.8) is 0 Å². The van der Waals surface area contributed by atoms with Crippen molar-refractivity contribution < 1.29 is 19.2 Å². The minimum Gasteiger partial charge on any atom is -0.328 e. The zero-order valence-corrected chi connectivity index (χ0v) is 15.8. The topological polar surface area (TPSA) is 83.5 Å². The van der Waals surface area contributed by atoms with Crippen LogP contribution in [-0.4, -0.2) is 34.8 Å². The average Bonchev–Trinajstić information content (AvgIpc) is 2.92. The lowest BCUT2D eigenvalue weighted by atomic mass is 9.89. The molecule has 2 amide bonds. The summed E-state index contributed by atoms with van der Waals surface area (Å²) in [5.41, 5.74) is 2.36. The van der Waals surface area contributed by atoms with E-state index in [1.807, 2.05) is 30.3 Å². The third-order valence-electron chi connectivity index (χ3n) is 4.90. The number of likely N-dealkylation sites (tertiary alicyclic amines) is 1. The summed E-state index contributed by atoms with van der Waals surface area (Å²) in [6.45, 7) is 3.10. The van der Waals surface area contributed by atoms with Gasteiger partial charge < -0.3 is 10.2 Å². The first kappa shape index (κ1) is 19.5. The number of nitrogens with one attached hydrogen (secondary N) is 1. The highest BCUT2D eigenvalue weighted by molar-refractivity contribution is 6.42. The van der Waals surface area contributed by atoms with Gasteiger partial charge in [0.05, 0.1) is 6.04 Å². The quantitative estimate of drug-likeness (QED) is 0.618. The summed E-state index contributed by atoms with van der Waals surface area (Å²) in [7, 11) is 0. The molecule has 2 aromatic carbocycles. The minimum absolute atomic E-state index is 0.190. The zero-order chi connectivity index (χ0) is 20.3. The fourth-order valence-electron chi connectivity index (χ4n) is 3.61. The Bertz CT molecular complexity index is 906. The Labute approximate surface area is 163 Å². The monoisotopic (exact) mass is 378 g/mol. The number of Topliss-reactive ketones (excluding diaryl/α,β-unsaturated/α-hetero) is 2. The van der Waals surface area contributed by atoms with Crippen molar-refractivity contribution in [1.82, 2.24) is 4.90 Å². The SMILES string of the molecule is CC(=O)Nc1ccc(C2C(C(C)=O)C(=O)C(=O)N2CCc2ccccc2)cc1. The Morgan fingerprint density at radius 3 is 2.18 bits per heavy atom. The summed E-state index contributed by atoms with van der Waals surface area (Å²) in [5, 5.41) is 2.68. The zero-order valence-electron chi connectivity index (χ0n) is 15.8. The maximum atomic E-state index is 12.6. The average molecular weight is 378 g/mol. The molecule has 28 heavy (non-hydrogen) atoms. The van der Waals surface area contributed by atoms with Gasteiger partial charge in [-0.2, -0.15) is 0 Å². The van der Waals surface area contributed by atoms with Crippen LogP contribution in [0.25, 0.3) is 0 Å². The van der Waals surface area contributed by atoms with Gasteiger partial charge in [0.2, 0.25) is 11.7 Å². The van der Waals surface area contributed by atoms with Gasteiger partial charge in [0.25, 0.3) is 5.91 Å². The van der Waals surface area contributed by atoms with Crippen LogP contribution >= 0.6 is 0 Å².